The van der Waals surface area contributed by atoms with Crippen molar-refractivity contribution >= 4 is 15.9 Å². The molecule has 2 nitrogen and oxygen atoms in total. The summed E-state index contributed by atoms with van der Waals surface area (Å²) in [7, 11) is 0. The Morgan fingerprint density at radius 1 is 1.38 bits per heavy atom. The molecule has 0 aliphatic carbocycles. The van der Waals surface area contributed by atoms with Crippen LogP contribution in [0.3, 0.4) is 0 Å². The first-order valence-corrected chi connectivity index (χ1v) is 6.35. The topological polar surface area (TPSA) is 12.5 Å². The van der Waals surface area contributed by atoms with Gasteiger partial charge in [0.1, 0.15) is 0 Å². The van der Waals surface area contributed by atoms with Crippen LogP contribution >= 0.6 is 15.9 Å². The zero-order valence-electron chi connectivity index (χ0n) is 8.47. The summed E-state index contributed by atoms with van der Waals surface area (Å²) >= 11 is 3.45. The molecule has 0 saturated carbocycles. The molecule has 0 amide bonds. The van der Waals surface area contributed by atoms with E-state index in [9.17, 15) is 0 Å². The van der Waals surface area contributed by atoms with Crippen molar-refractivity contribution in [2.45, 2.75) is 32.3 Å². The smallest absolute Gasteiger partial charge is 0.0674 e. The minimum absolute atomic E-state index is 0.435. The van der Waals surface area contributed by atoms with Crippen LogP contribution < -0.4 is 0 Å². The molecule has 0 aromatic rings. The maximum absolute atomic E-state index is 5.49. The Kier molecular flexibility index (Phi) is 6.00. The molecule has 3 heteroatoms. The molecule has 1 atom stereocenters. The zero-order chi connectivity index (χ0) is 9.52. The monoisotopic (exact) mass is 249 g/mol. The van der Waals surface area contributed by atoms with Gasteiger partial charge in [0.05, 0.1) is 12.7 Å². The number of halogens is 1. The van der Waals surface area contributed by atoms with E-state index in [2.05, 4.69) is 27.8 Å². The predicted molar refractivity (Wildman–Crippen MR) is 59.5 cm³/mol. The summed E-state index contributed by atoms with van der Waals surface area (Å²) in [5.74, 6) is 0. The van der Waals surface area contributed by atoms with Crippen LogP contribution in [0.4, 0.5) is 0 Å². The average Bonchev–Trinajstić information content (AvgIpc) is 2.13. The minimum atomic E-state index is 0.435. The maximum atomic E-state index is 5.49. The SMILES string of the molecule is CC1CN(CCCCCBr)CCO1. The van der Waals surface area contributed by atoms with E-state index in [1.54, 1.807) is 0 Å². The minimum Gasteiger partial charge on any atom is -0.376 e. The predicted octanol–water partition coefficient (Wildman–Crippen LogP) is 2.27. The van der Waals surface area contributed by atoms with Crippen molar-refractivity contribution < 1.29 is 4.74 Å². The summed E-state index contributed by atoms with van der Waals surface area (Å²) in [6.45, 7) is 6.57. The molecule has 0 spiro atoms. The second-order valence-electron chi connectivity index (χ2n) is 3.73. The molecule has 0 bridgehead atoms. The first-order chi connectivity index (χ1) is 6.33. The molecule has 1 aliphatic heterocycles. The lowest BCUT2D eigenvalue weighted by Gasteiger charge is -2.30. The normalized spacial score (nSPS) is 24.9. The van der Waals surface area contributed by atoms with Gasteiger partial charge in [-0.3, -0.25) is 4.90 Å². The lowest BCUT2D eigenvalue weighted by molar-refractivity contribution is -0.0185. The van der Waals surface area contributed by atoms with Crippen LogP contribution in [-0.4, -0.2) is 42.6 Å². The number of hydrogen-bond donors (Lipinski definition) is 0. The zero-order valence-corrected chi connectivity index (χ0v) is 10.1. The highest BCUT2D eigenvalue weighted by molar-refractivity contribution is 9.09. The number of rotatable bonds is 5. The van der Waals surface area contributed by atoms with Gasteiger partial charge in [0.25, 0.3) is 0 Å². The first-order valence-electron chi connectivity index (χ1n) is 5.23. The van der Waals surface area contributed by atoms with E-state index in [1.165, 1.54) is 25.8 Å². The van der Waals surface area contributed by atoms with Crippen molar-refractivity contribution in [2.75, 3.05) is 31.6 Å². The summed E-state index contributed by atoms with van der Waals surface area (Å²) < 4.78 is 5.49. The van der Waals surface area contributed by atoms with Crippen LogP contribution in [0, 0.1) is 0 Å². The van der Waals surface area contributed by atoms with E-state index in [0.29, 0.717) is 6.10 Å². The molecular formula is C10H20BrNO. The van der Waals surface area contributed by atoms with Crippen molar-refractivity contribution in [1.82, 2.24) is 4.90 Å². The van der Waals surface area contributed by atoms with Gasteiger partial charge in [-0.05, 0) is 26.3 Å². The number of ether oxygens (including phenoxy) is 1. The van der Waals surface area contributed by atoms with Crippen LogP contribution in [0.5, 0.6) is 0 Å². The van der Waals surface area contributed by atoms with Crippen LogP contribution in [0.1, 0.15) is 26.2 Å². The highest BCUT2D eigenvalue weighted by atomic mass is 79.9. The molecular weight excluding hydrogens is 230 g/mol. The molecule has 1 rings (SSSR count). The average molecular weight is 250 g/mol. The Bertz CT molecular complexity index is 132. The van der Waals surface area contributed by atoms with E-state index in [0.717, 1.165) is 25.0 Å². The number of alkyl halides is 1. The summed E-state index contributed by atoms with van der Waals surface area (Å²) in [6.07, 6.45) is 4.42. The Labute approximate surface area is 89.8 Å². The third kappa shape index (κ3) is 4.99. The lowest BCUT2D eigenvalue weighted by Crippen LogP contribution is -2.41. The third-order valence-electron chi connectivity index (χ3n) is 2.43. The number of hydrogen-bond acceptors (Lipinski definition) is 2. The highest BCUT2D eigenvalue weighted by Gasteiger charge is 2.15. The van der Waals surface area contributed by atoms with Crippen molar-refractivity contribution in [1.29, 1.82) is 0 Å². The Morgan fingerprint density at radius 3 is 2.92 bits per heavy atom. The summed E-state index contributed by atoms with van der Waals surface area (Å²) in [5.41, 5.74) is 0. The number of nitrogens with zero attached hydrogens (tertiary/aromatic N) is 1. The second-order valence-corrected chi connectivity index (χ2v) is 4.52. The van der Waals surface area contributed by atoms with Crippen molar-refractivity contribution in [2.24, 2.45) is 0 Å². The molecule has 1 aliphatic rings. The van der Waals surface area contributed by atoms with E-state index >= 15 is 0 Å². The third-order valence-corrected chi connectivity index (χ3v) is 2.99. The lowest BCUT2D eigenvalue weighted by atomic mass is 10.2. The van der Waals surface area contributed by atoms with Gasteiger partial charge >= 0.3 is 0 Å². The Morgan fingerprint density at radius 2 is 2.23 bits per heavy atom. The van der Waals surface area contributed by atoms with Crippen molar-refractivity contribution in [3.8, 4) is 0 Å². The molecule has 1 unspecified atom stereocenters. The molecule has 1 heterocycles. The molecule has 0 radical (unpaired) electrons. The summed E-state index contributed by atoms with van der Waals surface area (Å²) in [6, 6.07) is 0. The van der Waals surface area contributed by atoms with Gasteiger partial charge in [0, 0.05) is 18.4 Å². The van der Waals surface area contributed by atoms with Gasteiger partial charge in [0.15, 0.2) is 0 Å². The van der Waals surface area contributed by atoms with Crippen LogP contribution in [0.2, 0.25) is 0 Å². The van der Waals surface area contributed by atoms with Crippen LogP contribution in [0.15, 0.2) is 0 Å². The van der Waals surface area contributed by atoms with E-state index < -0.39 is 0 Å². The van der Waals surface area contributed by atoms with Gasteiger partial charge in [-0.2, -0.15) is 0 Å². The number of unbranched alkanes of at least 4 members (excludes halogenated alkanes) is 2. The summed E-state index contributed by atoms with van der Waals surface area (Å²) in [4.78, 5) is 2.52. The first kappa shape index (κ1) is 11.5. The fourth-order valence-electron chi connectivity index (χ4n) is 1.70. The van der Waals surface area contributed by atoms with Gasteiger partial charge in [-0.1, -0.05) is 22.4 Å². The highest BCUT2D eigenvalue weighted by Crippen LogP contribution is 2.06. The molecule has 0 aromatic carbocycles. The van der Waals surface area contributed by atoms with Crippen molar-refractivity contribution in [3.63, 3.8) is 0 Å². The fourth-order valence-corrected chi connectivity index (χ4v) is 2.10. The Balaban J connectivity index is 2.00. The van der Waals surface area contributed by atoms with E-state index in [4.69, 9.17) is 4.74 Å². The van der Waals surface area contributed by atoms with Gasteiger partial charge in [-0.25, -0.2) is 0 Å². The molecule has 1 fully saturated rings. The van der Waals surface area contributed by atoms with E-state index in [-0.39, 0.29) is 0 Å². The van der Waals surface area contributed by atoms with E-state index in [1.807, 2.05) is 0 Å². The summed E-state index contributed by atoms with van der Waals surface area (Å²) in [5, 5.41) is 1.15. The van der Waals surface area contributed by atoms with Crippen LogP contribution in [-0.2, 0) is 4.74 Å². The Hall–Kier alpha value is 0.400. The molecule has 1 saturated heterocycles. The fraction of sp³-hybridized carbons (Fsp3) is 1.00. The largest absolute Gasteiger partial charge is 0.376 e. The molecule has 13 heavy (non-hydrogen) atoms. The molecule has 0 aromatic heterocycles. The van der Waals surface area contributed by atoms with Crippen molar-refractivity contribution in [3.05, 3.63) is 0 Å². The maximum Gasteiger partial charge on any atom is 0.0674 e. The van der Waals surface area contributed by atoms with Crippen LogP contribution in [0.25, 0.3) is 0 Å². The van der Waals surface area contributed by atoms with Gasteiger partial charge in [0.2, 0.25) is 0 Å². The number of morpholine rings is 1. The van der Waals surface area contributed by atoms with Gasteiger partial charge < -0.3 is 4.74 Å². The second kappa shape index (κ2) is 6.80. The molecule has 0 N–H and O–H groups in total. The standard InChI is InChI=1S/C10H20BrNO/c1-10-9-12(7-8-13-10)6-4-2-3-5-11/h10H,2-9H2,1H3. The molecule has 78 valence electrons. The quantitative estimate of drug-likeness (QED) is 0.548. The van der Waals surface area contributed by atoms with Gasteiger partial charge in [-0.15, -0.1) is 0 Å².